The second-order valence-corrected chi connectivity index (χ2v) is 6.37. The minimum absolute atomic E-state index is 0. The number of carbonyl (C=O) groups excluding carboxylic acids is 1. The first-order valence-electron chi connectivity index (χ1n) is 9.22. The molecule has 152 valence electrons. The highest BCUT2D eigenvalue weighted by Gasteiger charge is 2.20. The number of rotatable bonds is 9. The Kier molecular flexibility index (Phi) is 9.09. The number of hydrogen-bond donors (Lipinski definition) is 1. The Morgan fingerprint density at radius 1 is 1.26 bits per heavy atom. The van der Waals surface area contributed by atoms with E-state index in [1.54, 1.807) is 6.92 Å². The molecule has 0 aliphatic heterocycles. The lowest BCUT2D eigenvalue weighted by Crippen LogP contribution is -2.35. The third-order valence-electron chi connectivity index (χ3n) is 4.75. The van der Waals surface area contributed by atoms with Crippen LogP contribution in [0.5, 0.6) is 5.75 Å². The van der Waals surface area contributed by atoms with Crippen LogP contribution in [-0.4, -0.2) is 59.5 Å². The lowest BCUT2D eigenvalue weighted by atomic mass is 10.1. The van der Waals surface area contributed by atoms with Gasteiger partial charge in [-0.15, -0.1) is 12.4 Å². The van der Waals surface area contributed by atoms with Crippen LogP contribution >= 0.6 is 12.4 Å². The van der Waals surface area contributed by atoms with Crippen molar-refractivity contribution in [3.8, 4) is 5.75 Å². The fraction of sp³-hybridized carbons (Fsp3) is 0.550. The van der Waals surface area contributed by atoms with Gasteiger partial charge in [-0.3, -0.25) is 0 Å². The number of ether oxygens (including phenoxy) is 2. The molecule has 1 unspecified atom stereocenters. The van der Waals surface area contributed by atoms with Crippen molar-refractivity contribution < 1.29 is 19.4 Å². The van der Waals surface area contributed by atoms with Gasteiger partial charge in [0.25, 0.3) is 0 Å². The van der Waals surface area contributed by atoms with Crippen molar-refractivity contribution >= 4 is 29.3 Å². The smallest absolute Gasteiger partial charge is 0.340 e. The molecule has 0 amide bonds. The van der Waals surface area contributed by atoms with Gasteiger partial charge in [0.2, 0.25) is 0 Å². The van der Waals surface area contributed by atoms with E-state index in [9.17, 15) is 9.90 Å². The Hall–Kier alpha value is -1.76. The summed E-state index contributed by atoms with van der Waals surface area (Å²) in [6.07, 6.45) is -0.562. The molecule has 0 fully saturated rings. The molecule has 0 spiro atoms. The maximum Gasteiger partial charge on any atom is 0.340 e. The predicted octanol–water partition coefficient (Wildman–Crippen LogP) is 3.17. The third kappa shape index (κ3) is 5.37. The SMILES string of the molecule is CCOC(=O)c1c(C)n(C)c2ccc(OCC(O)CN(CC)CC)cc12.Cl. The molecule has 0 saturated carbocycles. The quantitative estimate of drug-likeness (QED) is 0.657. The molecule has 0 aliphatic carbocycles. The summed E-state index contributed by atoms with van der Waals surface area (Å²) in [5, 5.41) is 11.0. The summed E-state index contributed by atoms with van der Waals surface area (Å²) in [5.41, 5.74) is 2.37. The number of aliphatic hydroxyl groups is 1. The predicted molar refractivity (Wildman–Crippen MR) is 110 cm³/mol. The van der Waals surface area contributed by atoms with Crippen molar-refractivity contribution in [3.05, 3.63) is 29.5 Å². The topological polar surface area (TPSA) is 63.9 Å². The molecule has 27 heavy (non-hydrogen) atoms. The van der Waals surface area contributed by atoms with Crippen molar-refractivity contribution in [2.75, 3.05) is 32.8 Å². The monoisotopic (exact) mass is 398 g/mol. The molecular weight excluding hydrogens is 368 g/mol. The number of fused-ring (bicyclic) bond motifs is 1. The summed E-state index contributed by atoms with van der Waals surface area (Å²) in [5.74, 6) is 0.307. The number of aryl methyl sites for hydroxylation is 1. The van der Waals surface area contributed by atoms with Crippen molar-refractivity contribution in [1.82, 2.24) is 9.47 Å². The molecule has 1 atom stereocenters. The van der Waals surface area contributed by atoms with E-state index in [0.29, 0.717) is 24.5 Å². The highest BCUT2D eigenvalue weighted by molar-refractivity contribution is 6.06. The maximum atomic E-state index is 12.3. The molecule has 0 aliphatic rings. The number of esters is 1. The van der Waals surface area contributed by atoms with Crippen LogP contribution in [0.25, 0.3) is 10.9 Å². The molecule has 0 radical (unpaired) electrons. The molecule has 1 N–H and O–H groups in total. The normalized spacial score (nSPS) is 12.1. The highest BCUT2D eigenvalue weighted by Crippen LogP contribution is 2.29. The lowest BCUT2D eigenvalue weighted by molar-refractivity contribution is 0.0527. The first kappa shape index (κ1) is 23.3. The first-order valence-corrected chi connectivity index (χ1v) is 9.22. The summed E-state index contributed by atoms with van der Waals surface area (Å²) in [7, 11) is 1.93. The standard InChI is InChI=1S/C20H30N2O4.ClH/c1-6-22(7-2)12-15(23)13-26-16-9-10-18-17(11-16)19(14(4)21(18)5)20(24)25-8-3;/h9-11,15,23H,6-8,12-13H2,1-5H3;1H. The van der Waals surface area contributed by atoms with Crippen LogP contribution in [0.4, 0.5) is 0 Å². The van der Waals surface area contributed by atoms with E-state index in [1.165, 1.54) is 0 Å². The number of carbonyl (C=O) groups is 1. The second-order valence-electron chi connectivity index (χ2n) is 6.37. The number of aliphatic hydroxyl groups excluding tert-OH is 1. The Balaban J connectivity index is 0.00000364. The van der Waals surface area contributed by atoms with Gasteiger partial charge in [0.05, 0.1) is 12.2 Å². The Morgan fingerprint density at radius 2 is 1.93 bits per heavy atom. The van der Waals surface area contributed by atoms with Crippen molar-refractivity contribution in [1.29, 1.82) is 0 Å². The molecule has 1 aromatic heterocycles. The average molecular weight is 399 g/mol. The van der Waals surface area contributed by atoms with Crippen LogP contribution in [0.1, 0.15) is 36.8 Å². The number of likely N-dealkylation sites (N-methyl/N-ethyl adjacent to an activating group) is 1. The average Bonchev–Trinajstić information content (AvgIpc) is 2.88. The zero-order valence-electron chi connectivity index (χ0n) is 16.8. The largest absolute Gasteiger partial charge is 0.491 e. The number of aromatic nitrogens is 1. The van der Waals surface area contributed by atoms with Gasteiger partial charge in [-0.05, 0) is 45.1 Å². The molecule has 2 rings (SSSR count). The van der Waals surface area contributed by atoms with Crippen LogP contribution in [0.3, 0.4) is 0 Å². The van der Waals surface area contributed by atoms with Gasteiger partial charge in [0, 0.05) is 30.2 Å². The fourth-order valence-corrected chi connectivity index (χ4v) is 3.13. The number of benzene rings is 1. The van der Waals surface area contributed by atoms with Crippen LogP contribution in [0.2, 0.25) is 0 Å². The van der Waals surface area contributed by atoms with Gasteiger partial charge in [0.15, 0.2) is 0 Å². The van der Waals surface area contributed by atoms with Gasteiger partial charge >= 0.3 is 5.97 Å². The number of hydrogen-bond acceptors (Lipinski definition) is 5. The third-order valence-corrected chi connectivity index (χ3v) is 4.75. The molecular formula is C20H31ClN2O4. The van der Waals surface area contributed by atoms with Gasteiger partial charge in [-0.2, -0.15) is 0 Å². The van der Waals surface area contributed by atoms with Gasteiger partial charge in [-0.1, -0.05) is 13.8 Å². The lowest BCUT2D eigenvalue weighted by Gasteiger charge is -2.21. The molecule has 1 heterocycles. The molecule has 1 aromatic carbocycles. The van der Waals surface area contributed by atoms with Gasteiger partial charge in [-0.25, -0.2) is 4.79 Å². The van der Waals surface area contributed by atoms with E-state index in [2.05, 4.69) is 18.7 Å². The summed E-state index contributed by atoms with van der Waals surface area (Å²) in [6.45, 7) is 10.8. The van der Waals surface area contributed by atoms with E-state index in [0.717, 1.165) is 29.7 Å². The van der Waals surface area contributed by atoms with Crippen LogP contribution in [0, 0.1) is 6.92 Å². The second kappa shape index (κ2) is 10.5. The summed E-state index contributed by atoms with van der Waals surface area (Å²) >= 11 is 0. The summed E-state index contributed by atoms with van der Waals surface area (Å²) < 4.78 is 12.9. The zero-order chi connectivity index (χ0) is 19.3. The Bertz CT molecular complexity index is 756. The van der Waals surface area contributed by atoms with Crippen LogP contribution in [0.15, 0.2) is 18.2 Å². The Morgan fingerprint density at radius 3 is 2.52 bits per heavy atom. The molecule has 0 saturated heterocycles. The van der Waals surface area contributed by atoms with E-state index in [1.807, 2.05) is 36.7 Å². The van der Waals surface area contributed by atoms with Crippen molar-refractivity contribution in [2.45, 2.75) is 33.8 Å². The molecule has 7 heteroatoms. The van der Waals surface area contributed by atoms with Gasteiger partial charge < -0.3 is 24.0 Å². The number of nitrogens with zero attached hydrogens (tertiary/aromatic N) is 2. The van der Waals surface area contributed by atoms with E-state index in [-0.39, 0.29) is 25.0 Å². The minimum Gasteiger partial charge on any atom is -0.491 e. The van der Waals surface area contributed by atoms with E-state index < -0.39 is 6.10 Å². The maximum absolute atomic E-state index is 12.3. The minimum atomic E-state index is -0.562. The molecule has 2 aromatic rings. The van der Waals surface area contributed by atoms with Crippen LogP contribution < -0.4 is 4.74 Å². The fourth-order valence-electron chi connectivity index (χ4n) is 3.13. The zero-order valence-corrected chi connectivity index (χ0v) is 17.6. The summed E-state index contributed by atoms with van der Waals surface area (Å²) in [6, 6.07) is 5.64. The van der Waals surface area contributed by atoms with E-state index in [4.69, 9.17) is 9.47 Å². The van der Waals surface area contributed by atoms with Crippen LogP contribution in [-0.2, 0) is 11.8 Å². The molecule has 6 nitrogen and oxygen atoms in total. The van der Waals surface area contributed by atoms with Crippen molar-refractivity contribution in [3.63, 3.8) is 0 Å². The first-order chi connectivity index (χ1) is 12.4. The summed E-state index contributed by atoms with van der Waals surface area (Å²) in [4.78, 5) is 14.5. The van der Waals surface area contributed by atoms with E-state index >= 15 is 0 Å². The Labute approximate surface area is 167 Å². The van der Waals surface area contributed by atoms with Crippen molar-refractivity contribution in [2.24, 2.45) is 7.05 Å². The highest BCUT2D eigenvalue weighted by atomic mass is 35.5. The van der Waals surface area contributed by atoms with Gasteiger partial charge in [0.1, 0.15) is 18.5 Å². The number of halogens is 1. The molecule has 0 bridgehead atoms.